The summed E-state index contributed by atoms with van der Waals surface area (Å²) in [5, 5.41) is 18.8. The van der Waals surface area contributed by atoms with E-state index in [-0.39, 0.29) is 23.7 Å². The summed E-state index contributed by atoms with van der Waals surface area (Å²) in [7, 11) is 0. The number of carbonyl (C=O) groups is 1. The molecule has 0 spiro atoms. The Hall–Kier alpha value is -1.51. The summed E-state index contributed by atoms with van der Waals surface area (Å²) < 4.78 is 0. The quantitative estimate of drug-likeness (QED) is 0.625. The molecule has 20 heavy (non-hydrogen) atoms. The van der Waals surface area contributed by atoms with Crippen molar-refractivity contribution in [3.05, 3.63) is 23.8 Å². The number of phenolic OH excluding ortho intramolecular Hbond substituents is 2. The second-order valence-electron chi connectivity index (χ2n) is 5.40. The van der Waals surface area contributed by atoms with Crippen molar-refractivity contribution >= 4 is 5.78 Å². The maximum absolute atomic E-state index is 11.8. The van der Waals surface area contributed by atoms with E-state index >= 15 is 0 Å². The standard InChI is InChI=1S/C17H26O3/c1-2-3-4-5-6-7-8-9-15(18)12-14-10-11-16(19)13-17(14)20/h10-11,13,19-20H,2-9,12H2,1H3. The Labute approximate surface area is 121 Å². The zero-order chi connectivity index (χ0) is 14.8. The van der Waals surface area contributed by atoms with Gasteiger partial charge < -0.3 is 10.2 Å². The van der Waals surface area contributed by atoms with E-state index in [1.807, 2.05) is 0 Å². The maximum atomic E-state index is 11.8. The second-order valence-corrected chi connectivity index (χ2v) is 5.40. The minimum atomic E-state index is -0.00193. The first-order chi connectivity index (χ1) is 9.63. The summed E-state index contributed by atoms with van der Waals surface area (Å²) in [4.78, 5) is 11.8. The monoisotopic (exact) mass is 278 g/mol. The molecule has 3 nitrogen and oxygen atoms in total. The van der Waals surface area contributed by atoms with Gasteiger partial charge >= 0.3 is 0 Å². The van der Waals surface area contributed by atoms with Gasteiger partial charge in [-0.05, 0) is 12.5 Å². The molecule has 0 bridgehead atoms. The van der Waals surface area contributed by atoms with Gasteiger partial charge in [-0.2, -0.15) is 0 Å². The Balaban J connectivity index is 2.17. The van der Waals surface area contributed by atoms with Crippen LogP contribution in [0.3, 0.4) is 0 Å². The lowest BCUT2D eigenvalue weighted by Crippen LogP contribution is -2.02. The Bertz CT molecular complexity index is 413. The molecule has 2 N–H and O–H groups in total. The maximum Gasteiger partial charge on any atom is 0.137 e. The molecule has 1 rings (SSSR count). The molecular formula is C17H26O3. The second kappa shape index (κ2) is 9.40. The molecule has 0 heterocycles. The van der Waals surface area contributed by atoms with Crippen LogP contribution in [0.4, 0.5) is 0 Å². The predicted molar refractivity (Wildman–Crippen MR) is 81.1 cm³/mol. The van der Waals surface area contributed by atoms with Gasteiger partial charge in [-0.3, -0.25) is 4.79 Å². The Morgan fingerprint density at radius 1 is 1.00 bits per heavy atom. The van der Waals surface area contributed by atoms with Crippen molar-refractivity contribution in [1.29, 1.82) is 0 Å². The van der Waals surface area contributed by atoms with E-state index in [4.69, 9.17) is 0 Å². The van der Waals surface area contributed by atoms with Crippen LogP contribution >= 0.6 is 0 Å². The van der Waals surface area contributed by atoms with E-state index in [1.54, 1.807) is 6.07 Å². The summed E-state index contributed by atoms with van der Waals surface area (Å²) in [6.45, 7) is 2.21. The first kappa shape index (κ1) is 16.5. The number of hydrogen-bond donors (Lipinski definition) is 2. The molecule has 0 radical (unpaired) electrons. The molecule has 0 unspecified atom stereocenters. The lowest BCUT2D eigenvalue weighted by atomic mass is 10.0. The minimum Gasteiger partial charge on any atom is -0.508 e. The van der Waals surface area contributed by atoms with E-state index in [1.165, 1.54) is 44.2 Å². The van der Waals surface area contributed by atoms with Gasteiger partial charge in [-0.25, -0.2) is 0 Å². The number of unbranched alkanes of at least 4 members (excludes halogenated alkanes) is 6. The van der Waals surface area contributed by atoms with Crippen molar-refractivity contribution in [3.8, 4) is 11.5 Å². The van der Waals surface area contributed by atoms with E-state index in [0.29, 0.717) is 12.0 Å². The predicted octanol–water partition coefficient (Wildman–Crippen LogP) is 4.35. The number of hydrogen-bond acceptors (Lipinski definition) is 3. The molecule has 0 saturated heterocycles. The number of carbonyl (C=O) groups excluding carboxylic acids is 1. The number of aromatic hydroxyl groups is 2. The van der Waals surface area contributed by atoms with Crippen LogP contribution in [0.25, 0.3) is 0 Å². The number of phenols is 2. The van der Waals surface area contributed by atoms with Crippen LogP contribution in [0.15, 0.2) is 18.2 Å². The van der Waals surface area contributed by atoms with Crippen molar-refractivity contribution in [2.75, 3.05) is 0 Å². The molecule has 1 aromatic carbocycles. The highest BCUT2D eigenvalue weighted by Crippen LogP contribution is 2.23. The van der Waals surface area contributed by atoms with E-state index in [9.17, 15) is 15.0 Å². The lowest BCUT2D eigenvalue weighted by molar-refractivity contribution is -0.118. The molecule has 0 aliphatic carbocycles. The van der Waals surface area contributed by atoms with E-state index in [2.05, 4.69) is 6.92 Å². The topological polar surface area (TPSA) is 57.5 Å². The zero-order valence-electron chi connectivity index (χ0n) is 12.4. The fourth-order valence-corrected chi connectivity index (χ4v) is 2.28. The molecule has 3 heteroatoms. The molecular weight excluding hydrogens is 252 g/mol. The van der Waals surface area contributed by atoms with Crippen LogP contribution < -0.4 is 0 Å². The average molecular weight is 278 g/mol. The van der Waals surface area contributed by atoms with Crippen molar-refractivity contribution in [3.63, 3.8) is 0 Å². The third-order valence-corrected chi connectivity index (χ3v) is 3.52. The molecule has 1 aromatic rings. The van der Waals surface area contributed by atoms with Crippen LogP contribution in [0, 0.1) is 0 Å². The van der Waals surface area contributed by atoms with Gasteiger partial charge in [0.25, 0.3) is 0 Å². The summed E-state index contributed by atoms with van der Waals surface area (Å²) in [5.41, 5.74) is 0.593. The Morgan fingerprint density at radius 2 is 1.65 bits per heavy atom. The van der Waals surface area contributed by atoms with Gasteiger partial charge in [0.2, 0.25) is 0 Å². The first-order valence-corrected chi connectivity index (χ1v) is 7.66. The molecule has 0 amide bonds. The highest BCUT2D eigenvalue weighted by atomic mass is 16.3. The van der Waals surface area contributed by atoms with Gasteiger partial charge in [0.05, 0.1) is 0 Å². The van der Waals surface area contributed by atoms with Crippen LogP contribution in [0.2, 0.25) is 0 Å². The molecule has 0 aromatic heterocycles. The number of rotatable bonds is 10. The molecule has 0 fully saturated rings. The van der Waals surface area contributed by atoms with Gasteiger partial charge in [-0.15, -0.1) is 0 Å². The normalized spacial score (nSPS) is 10.7. The number of ketones is 1. The molecule has 0 aliphatic rings. The fourth-order valence-electron chi connectivity index (χ4n) is 2.28. The van der Waals surface area contributed by atoms with Crippen molar-refractivity contribution in [2.24, 2.45) is 0 Å². The van der Waals surface area contributed by atoms with Crippen LogP contribution in [0.1, 0.15) is 63.9 Å². The molecule has 0 saturated carbocycles. The van der Waals surface area contributed by atoms with Gasteiger partial charge in [0, 0.05) is 24.5 Å². The van der Waals surface area contributed by atoms with Crippen molar-refractivity contribution in [2.45, 2.75) is 64.7 Å². The lowest BCUT2D eigenvalue weighted by Gasteiger charge is -2.05. The van der Waals surface area contributed by atoms with Gasteiger partial charge in [0.1, 0.15) is 17.3 Å². The number of Topliss-reactive ketones (excluding diaryl/α,β-unsaturated/α-hetero) is 1. The zero-order valence-corrected chi connectivity index (χ0v) is 12.4. The largest absolute Gasteiger partial charge is 0.508 e. The highest BCUT2D eigenvalue weighted by molar-refractivity contribution is 5.81. The Kier molecular flexibility index (Phi) is 7.78. The Morgan fingerprint density at radius 3 is 2.30 bits per heavy atom. The van der Waals surface area contributed by atoms with E-state index in [0.717, 1.165) is 12.8 Å². The summed E-state index contributed by atoms with van der Waals surface area (Å²) in [6.07, 6.45) is 9.20. The number of benzene rings is 1. The fraction of sp³-hybridized carbons (Fsp3) is 0.588. The summed E-state index contributed by atoms with van der Waals surface area (Å²) >= 11 is 0. The van der Waals surface area contributed by atoms with Crippen LogP contribution in [-0.2, 0) is 11.2 Å². The SMILES string of the molecule is CCCCCCCCCC(=O)Cc1ccc(O)cc1O. The minimum absolute atomic E-state index is 0.00193. The molecule has 0 aliphatic heterocycles. The summed E-state index contributed by atoms with van der Waals surface area (Å²) in [5.74, 6) is 0.170. The highest BCUT2D eigenvalue weighted by Gasteiger charge is 2.08. The van der Waals surface area contributed by atoms with Crippen LogP contribution in [0.5, 0.6) is 11.5 Å². The molecule has 112 valence electrons. The smallest absolute Gasteiger partial charge is 0.137 e. The first-order valence-electron chi connectivity index (χ1n) is 7.66. The van der Waals surface area contributed by atoms with Crippen molar-refractivity contribution in [1.82, 2.24) is 0 Å². The molecule has 0 atom stereocenters. The van der Waals surface area contributed by atoms with Crippen LogP contribution in [-0.4, -0.2) is 16.0 Å². The van der Waals surface area contributed by atoms with Gasteiger partial charge in [0.15, 0.2) is 0 Å². The van der Waals surface area contributed by atoms with E-state index < -0.39 is 0 Å². The third-order valence-electron chi connectivity index (χ3n) is 3.52. The van der Waals surface area contributed by atoms with Crippen molar-refractivity contribution < 1.29 is 15.0 Å². The summed E-state index contributed by atoms with van der Waals surface area (Å²) in [6, 6.07) is 4.37. The average Bonchev–Trinajstić information content (AvgIpc) is 2.41. The third kappa shape index (κ3) is 6.60. The van der Waals surface area contributed by atoms with Gasteiger partial charge in [-0.1, -0.05) is 51.5 Å².